The van der Waals surface area contributed by atoms with Crippen LogP contribution in [0.25, 0.3) is 11.3 Å². The molecule has 0 saturated carbocycles. The molecule has 0 aliphatic carbocycles. The number of nitrogens with one attached hydrogen (secondary N) is 2. The van der Waals surface area contributed by atoms with Gasteiger partial charge in [0, 0.05) is 23.2 Å². The second kappa shape index (κ2) is 8.19. The van der Waals surface area contributed by atoms with Crippen LogP contribution in [0.1, 0.15) is 41.1 Å². The van der Waals surface area contributed by atoms with Gasteiger partial charge in [-0.15, -0.1) is 11.3 Å². The molecule has 29 heavy (non-hydrogen) atoms. The van der Waals surface area contributed by atoms with Crippen LogP contribution in [0.2, 0.25) is 5.02 Å². The Bertz CT molecular complexity index is 1020. The number of hydrogen-bond donors (Lipinski definition) is 4. The molecule has 0 aliphatic rings. The Morgan fingerprint density at radius 1 is 1.38 bits per heavy atom. The SMILES string of the molecule is CC(C)(O)c1csc([C@H](CN)NC(=O)c2ccc(-c3cc(F)c(Cl)c(F)c3)[nH]2)n1. The summed E-state index contributed by atoms with van der Waals surface area (Å²) in [7, 11) is 0. The molecule has 0 aliphatic heterocycles. The third-order valence-electron chi connectivity index (χ3n) is 4.21. The zero-order valence-electron chi connectivity index (χ0n) is 15.6. The van der Waals surface area contributed by atoms with Gasteiger partial charge in [-0.1, -0.05) is 11.6 Å². The minimum atomic E-state index is -1.10. The number of H-pyrrole nitrogens is 1. The predicted octanol–water partition coefficient (Wildman–Crippen LogP) is 3.73. The maximum absolute atomic E-state index is 13.7. The highest BCUT2D eigenvalue weighted by molar-refractivity contribution is 7.09. The van der Waals surface area contributed by atoms with E-state index in [2.05, 4.69) is 15.3 Å². The van der Waals surface area contributed by atoms with Gasteiger partial charge in [-0.25, -0.2) is 13.8 Å². The average molecular weight is 441 g/mol. The molecule has 154 valence electrons. The smallest absolute Gasteiger partial charge is 0.268 e. The van der Waals surface area contributed by atoms with Crippen LogP contribution in [0.4, 0.5) is 8.78 Å². The number of hydrogen-bond acceptors (Lipinski definition) is 5. The van der Waals surface area contributed by atoms with E-state index in [1.807, 2.05) is 0 Å². The van der Waals surface area contributed by atoms with Crippen LogP contribution in [0.15, 0.2) is 29.6 Å². The summed E-state index contributed by atoms with van der Waals surface area (Å²) in [4.78, 5) is 19.8. The van der Waals surface area contributed by atoms with E-state index in [-0.39, 0.29) is 17.8 Å². The van der Waals surface area contributed by atoms with Crippen LogP contribution >= 0.6 is 22.9 Å². The molecule has 6 nitrogen and oxygen atoms in total. The van der Waals surface area contributed by atoms with Crippen LogP contribution in [-0.2, 0) is 5.60 Å². The topological polar surface area (TPSA) is 104 Å². The van der Waals surface area contributed by atoms with E-state index in [9.17, 15) is 18.7 Å². The van der Waals surface area contributed by atoms with Gasteiger partial charge in [-0.05, 0) is 38.1 Å². The number of aliphatic hydroxyl groups is 1. The first-order valence-corrected chi connectivity index (χ1v) is 9.89. The largest absolute Gasteiger partial charge is 0.384 e. The minimum absolute atomic E-state index is 0.103. The molecule has 1 atom stereocenters. The van der Waals surface area contributed by atoms with Gasteiger partial charge in [0.15, 0.2) is 0 Å². The lowest BCUT2D eigenvalue weighted by molar-refractivity contribution is 0.0743. The summed E-state index contributed by atoms with van der Waals surface area (Å²) in [5.74, 6) is -2.24. The highest BCUT2D eigenvalue weighted by atomic mass is 35.5. The fourth-order valence-corrected chi connectivity index (χ4v) is 3.75. The van der Waals surface area contributed by atoms with Crippen molar-refractivity contribution >= 4 is 28.8 Å². The van der Waals surface area contributed by atoms with E-state index >= 15 is 0 Å². The van der Waals surface area contributed by atoms with E-state index in [0.29, 0.717) is 16.4 Å². The second-order valence-corrected chi connectivity index (χ2v) is 8.20. The molecule has 0 unspecified atom stereocenters. The van der Waals surface area contributed by atoms with Crippen LogP contribution in [0.3, 0.4) is 0 Å². The molecule has 0 spiro atoms. The van der Waals surface area contributed by atoms with Crippen molar-refractivity contribution in [1.29, 1.82) is 0 Å². The van der Waals surface area contributed by atoms with Gasteiger partial charge in [-0.3, -0.25) is 4.79 Å². The van der Waals surface area contributed by atoms with E-state index in [0.717, 1.165) is 12.1 Å². The third kappa shape index (κ3) is 4.64. The molecule has 0 bridgehead atoms. The van der Waals surface area contributed by atoms with Crippen LogP contribution in [0, 0.1) is 11.6 Å². The van der Waals surface area contributed by atoms with E-state index in [4.69, 9.17) is 17.3 Å². The average Bonchev–Trinajstić information content (AvgIpc) is 3.32. The lowest BCUT2D eigenvalue weighted by Gasteiger charge is -2.15. The zero-order chi connectivity index (χ0) is 21.3. The van der Waals surface area contributed by atoms with Crippen LogP contribution in [0.5, 0.6) is 0 Å². The van der Waals surface area contributed by atoms with Crippen LogP contribution < -0.4 is 11.1 Å². The number of carbonyl (C=O) groups excluding carboxylic acids is 1. The number of halogens is 3. The minimum Gasteiger partial charge on any atom is -0.384 e. The molecule has 5 N–H and O–H groups in total. The zero-order valence-corrected chi connectivity index (χ0v) is 17.2. The summed E-state index contributed by atoms with van der Waals surface area (Å²) < 4.78 is 27.4. The highest BCUT2D eigenvalue weighted by Gasteiger charge is 2.24. The molecule has 1 aromatic carbocycles. The van der Waals surface area contributed by atoms with Crippen molar-refractivity contribution in [3.8, 4) is 11.3 Å². The van der Waals surface area contributed by atoms with E-state index in [1.165, 1.54) is 23.5 Å². The molecule has 3 rings (SSSR count). The number of carbonyl (C=O) groups is 1. The summed E-state index contributed by atoms with van der Waals surface area (Å²) in [6.07, 6.45) is 0. The maximum Gasteiger partial charge on any atom is 0.268 e. The molecular formula is C19H19ClF2N4O2S. The normalized spacial score (nSPS) is 12.8. The van der Waals surface area contributed by atoms with Crippen molar-refractivity contribution in [2.75, 3.05) is 6.54 Å². The van der Waals surface area contributed by atoms with Gasteiger partial charge < -0.3 is 21.1 Å². The van der Waals surface area contributed by atoms with Gasteiger partial charge in [-0.2, -0.15) is 0 Å². The number of rotatable bonds is 6. The lowest BCUT2D eigenvalue weighted by atomic mass is 10.1. The number of nitrogens with two attached hydrogens (primary N) is 1. The molecule has 1 amide bonds. The Labute approximate surface area is 174 Å². The third-order valence-corrected chi connectivity index (χ3v) is 5.53. The Morgan fingerprint density at radius 2 is 2.03 bits per heavy atom. The summed E-state index contributed by atoms with van der Waals surface area (Å²) in [5, 5.41) is 14.5. The summed E-state index contributed by atoms with van der Waals surface area (Å²) >= 11 is 6.78. The Morgan fingerprint density at radius 3 is 2.59 bits per heavy atom. The van der Waals surface area contributed by atoms with E-state index < -0.39 is 34.2 Å². The first-order valence-electron chi connectivity index (χ1n) is 8.63. The molecule has 0 saturated heterocycles. The molecule has 2 heterocycles. The number of aromatic amines is 1. The quantitative estimate of drug-likeness (QED) is 0.438. The number of benzene rings is 1. The van der Waals surface area contributed by atoms with Crippen LogP contribution in [-0.4, -0.2) is 27.5 Å². The van der Waals surface area contributed by atoms with Gasteiger partial charge in [0.05, 0.1) is 11.7 Å². The van der Waals surface area contributed by atoms with Gasteiger partial charge in [0.2, 0.25) is 0 Å². The predicted molar refractivity (Wildman–Crippen MR) is 108 cm³/mol. The first kappa shape index (κ1) is 21.4. The van der Waals surface area contributed by atoms with Crippen molar-refractivity contribution < 1.29 is 18.7 Å². The molecule has 0 radical (unpaired) electrons. The van der Waals surface area contributed by atoms with E-state index in [1.54, 1.807) is 19.2 Å². The second-order valence-electron chi connectivity index (χ2n) is 6.93. The van der Waals surface area contributed by atoms with Crippen molar-refractivity contribution in [2.45, 2.75) is 25.5 Å². The maximum atomic E-state index is 13.7. The Kier molecular flexibility index (Phi) is 6.04. The fraction of sp³-hybridized carbons (Fsp3) is 0.263. The molecular weight excluding hydrogens is 422 g/mol. The summed E-state index contributed by atoms with van der Waals surface area (Å²) in [6, 6.07) is 4.63. The van der Waals surface area contributed by atoms with Crippen molar-refractivity contribution in [3.05, 3.63) is 62.7 Å². The Hall–Kier alpha value is -2.33. The monoisotopic (exact) mass is 440 g/mol. The first-order chi connectivity index (χ1) is 13.6. The van der Waals surface area contributed by atoms with Crippen molar-refractivity contribution in [2.24, 2.45) is 5.73 Å². The molecule has 0 fully saturated rings. The van der Waals surface area contributed by atoms with Crippen molar-refractivity contribution in [1.82, 2.24) is 15.3 Å². The Balaban J connectivity index is 1.78. The fourth-order valence-electron chi connectivity index (χ4n) is 2.59. The lowest BCUT2D eigenvalue weighted by Crippen LogP contribution is -2.33. The number of nitrogens with zero attached hydrogens (tertiary/aromatic N) is 1. The molecule has 10 heteroatoms. The van der Waals surface area contributed by atoms with Gasteiger partial charge in [0.1, 0.15) is 33.0 Å². The molecule has 3 aromatic rings. The number of amides is 1. The van der Waals surface area contributed by atoms with Crippen molar-refractivity contribution in [3.63, 3.8) is 0 Å². The summed E-state index contributed by atoms with van der Waals surface area (Å²) in [5.41, 5.74) is 5.92. The number of aromatic nitrogens is 2. The van der Waals surface area contributed by atoms with Gasteiger partial charge >= 0.3 is 0 Å². The highest BCUT2D eigenvalue weighted by Crippen LogP contribution is 2.28. The number of thiazole rings is 1. The summed E-state index contributed by atoms with van der Waals surface area (Å²) in [6.45, 7) is 3.33. The molecule has 2 aromatic heterocycles. The standard InChI is InChI=1S/C19H19ClF2N4O2S/c1-19(2,28)15-8-29-18(26-15)14(7-23)25-17(27)13-4-3-12(24-13)9-5-10(21)16(20)11(22)6-9/h3-6,8,14,24,28H,7,23H2,1-2H3,(H,25,27)/t14-/m0/s1. The van der Waals surface area contributed by atoms with Gasteiger partial charge in [0.25, 0.3) is 5.91 Å².